The first-order valence-corrected chi connectivity index (χ1v) is 7.50. The molecular formula is C23H61NS. The van der Waals surface area contributed by atoms with Crippen molar-refractivity contribution in [1.82, 2.24) is 0 Å². The van der Waals surface area contributed by atoms with Gasteiger partial charge in [0.25, 0.3) is 0 Å². The van der Waals surface area contributed by atoms with Crippen molar-refractivity contribution in [2.24, 2.45) is 0 Å². The second-order valence-electron chi connectivity index (χ2n) is 2.93. The maximum atomic E-state index is 2.45. The highest BCUT2D eigenvalue weighted by atomic mass is 32.2. The lowest BCUT2D eigenvalue weighted by Crippen LogP contribution is -2.32. The van der Waals surface area contributed by atoms with Crippen LogP contribution in [-0.4, -0.2) is 24.6 Å². The fraction of sp³-hybridized carbons (Fsp3) is 0.739. The molecule has 1 aromatic carbocycles. The summed E-state index contributed by atoms with van der Waals surface area (Å²) in [5.74, 6) is 2.55. The molecule has 2 heteroatoms. The largest absolute Gasteiger partial charge is 0.370 e. The number of thioether (sulfide) groups is 1. The highest BCUT2D eigenvalue weighted by Crippen LogP contribution is 2.18. The number of benzene rings is 1. The van der Waals surface area contributed by atoms with Crippen LogP contribution in [0.15, 0.2) is 30.3 Å². The highest BCUT2D eigenvalue weighted by Gasteiger charge is 2.09. The molecule has 0 atom stereocenters. The molecule has 25 heavy (non-hydrogen) atoms. The molecule has 0 aliphatic carbocycles. The lowest BCUT2D eigenvalue weighted by molar-refractivity contribution is 0.859. The molecular weight excluding hydrogens is 322 g/mol. The van der Waals surface area contributed by atoms with Gasteiger partial charge in [0.2, 0.25) is 0 Å². The van der Waals surface area contributed by atoms with Crippen LogP contribution in [0.1, 0.15) is 94.5 Å². The van der Waals surface area contributed by atoms with E-state index < -0.39 is 0 Å². The molecule has 0 radical (unpaired) electrons. The molecule has 1 fully saturated rings. The number of hydrogen-bond donors (Lipinski definition) is 0. The van der Waals surface area contributed by atoms with Gasteiger partial charge in [-0.1, -0.05) is 113 Å². The Labute approximate surface area is 172 Å². The van der Waals surface area contributed by atoms with Crippen molar-refractivity contribution in [2.45, 2.75) is 94.5 Å². The summed E-state index contributed by atoms with van der Waals surface area (Å²) < 4.78 is 0. The molecule has 0 unspecified atom stereocenters. The first kappa shape index (κ1) is 64.5. The quantitative estimate of drug-likeness (QED) is 0.474. The number of rotatable bonds is 1. The third kappa shape index (κ3) is 28.4. The van der Waals surface area contributed by atoms with E-state index in [-0.39, 0.29) is 66.8 Å². The van der Waals surface area contributed by atoms with E-state index in [1.165, 1.54) is 30.3 Å². The molecule has 0 N–H and O–H groups in total. The van der Waals surface area contributed by atoms with Gasteiger partial charge in [0.15, 0.2) is 0 Å². The molecule has 0 spiro atoms. The molecule has 164 valence electrons. The Morgan fingerprint density at radius 2 is 0.920 bits per heavy atom. The highest BCUT2D eigenvalue weighted by molar-refractivity contribution is 7.99. The van der Waals surface area contributed by atoms with E-state index >= 15 is 0 Å². The summed E-state index contributed by atoms with van der Waals surface area (Å²) in [7, 11) is 0. The van der Waals surface area contributed by atoms with Gasteiger partial charge < -0.3 is 4.90 Å². The van der Waals surface area contributed by atoms with Crippen LogP contribution < -0.4 is 4.90 Å². The number of para-hydroxylation sites is 1. The molecule has 0 aromatic heterocycles. The van der Waals surface area contributed by atoms with Crippen LogP contribution in [0.2, 0.25) is 0 Å². The third-order valence-electron chi connectivity index (χ3n) is 2.13. The average molecular weight is 384 g/mol. The van der Waals surface area contributed by atoms with Crippen LogP contribution in [0.4, 0.5) is 5.69 Å². The van der Waals surface area contributed by atoms with Crippen LogP contribution in [0.25, 0.3) is 0 Å². The van der Waals surface area contributed by atoms with E-state index in [1.54, 1.807) is 0 Å². The smallest absolute Gasteiger partial charge is 0.0366 e. The Hall–Kier alpha value is -0.630. The average Bonchev–Trinajstić information content (AvgIpc) is 2.45. The molecule has 0 saturated carbocycles. The minimum Gasteiger partial charge on any atom is -0.370 e. The third-order valence-corrected chi connectivity index (χ3v) is 3.07. The van der Waals surface area contributed by atoms with E-state index in [4.69, 9.17) is 0 Å². The Kier molecular flexibility index (Phi) is 128. The second-order valence-corrected chi connectivity index (χ2v) is 4.16. The van der Waals surface area contributed by atoms with E-state index in [0.29, 0.717) is 0 Å². The van der Waals surface area contributed by atoms with Crippen molar-refractivity contribution in [1.29, 1.82) is 0 Å². The summed E-state index contributed by atoms with van der Waals surface area (Å²) in [6.07, 6.45) is 0. The van der Waals surface area contributed by atoms with E-state index in [1.807, 2.05) is 27.7 Å². The zero-order valence-electron chi connectivity index (χ0n) is 11.1. The van der Waals surface area contributed by atoms with Crippen LogP contribution in [0.5, 0.6) is 0 Å². The van der Waals surface area contributed by atoms with Gasteiger partial charge in [-0.15, -0.1) is 0 Å². The maximum absolute atomic E-state index is 2.45. The van der Waals surface area contributed by atoms with E-state index in [0.717, 1.165) is 0 Å². The maximum Gasteiger partial charge on any atom is 0.0366 e. The monoisotopic (exact) mass is 383 g/mol. The molecule has 1 saturated heterocycles. The lowest BCUT2D eigenvalue weighted by Gasteiger charge is -2.28. The Balaban J connectivity index is -0.0000000204. The molecule has 1 aliphatic heterocycles. The van der Waals surface area contributed by atoms with Crippen LogP contribution in [-0.2, 0) is 0 Å². The SMILES string of the molecule is C.C.C.C.C.C.C.C.C.CC.CC.c1ccc(N2CCSCC2)cc1. The van der Waals surface area contributed by atoms with Gasteiger partial charge in [-0.2, -0.15) is 11.8 Å². The molecule has 1 nitrogen and oxygen atoms in total. The fourth-order valence-corrected chi connectivity index (χ4v) is 2.36. The molecule has 0 amide bonds. The number of hydrogen-bond acceptors (Lipinski definition) is 2. The van der Waals surface area contributed by atoms with Gasteiger partial charge in [-0.25, -0.2) is 0 Å². The van der Waals surface area contributed by atoms with Crippen molar-refractivity contribution in [2.75, 3.05) is 29.5 Å². The summed E-state index contributed by atoms with van der Waals surface area (Å²) in [6, 6.07) is 10.7. The number of nitrogens with zero attached hydrogens (tertiary/aromatic N) is 1. The summed E-state index contributed by atoms with van der Waals surface area (Å²) in [5.41, 5.74) is 1.37. The normalized spacial score (nSPS) is 9.04. The molecule has 2 rings (SSSR count). The van der Waals surface area contributed by atoms with Crippen LogP contribution >= 0.6 is 11.8 Å². The van der Waals surface area contributed by atoms with Gasteiger partial charge >= 0.3 is 0 Å². The van der Waals surface area contributed by atoms with Crippen molar-refractivity contribution in [3.63, 3.8) is 0 Å². The minimum atomic E-state index is 0. The van der Waals surface area contributed by atoms with Crippen molar-refractivity contribution < 1.29 is 0 Å². The standard InChI is InChI=1S/C10H13NS.2C2H6.9CH4/c1-2-4-10(5-3-1)11-6-8-12-9-7-11;2*1-2;;;;;;;;;/h1-5H,6-9H2;2*1-2H3;9*1H4. The van der Waals surface area contributed by atoms with E-state index in [2.05, 4.69) is 47.0 Å². The molecule has 1 aliphatic rings. The summed E-state index contributed by atoms with van der Waals surface area (Å²) >= 11 is 2.05. The van der Waals surface area contributed by atoms with Crippen molar-refractivity contribution >= 4 is 17.4 Å². The van der Waals surface area contributed by atoms with Crippen molar-refractivity contribution in [3.8, 4) is 0 Å². The van der Waals surface area contributed by atoms with Gasteiger partial charge in [0, 0.05) is 30.3 Å². The molecule has 1 heterocycles. The van der Waals surface area contributed by atoms with Crippen LogP contribution in [0.3, 0.4) is 0 Å². The Bertz CT molecular complexity index is 231. The zero-order chi connectivity index (χ0) is 12.2. The fourth-order valence-electron chi connectivity index (χ4n) is 1.46. The first-order valence-electron chi connectivity index (χ1n) is 6.34. The van der Waals surface area contributed by atoms with Gasteiger partial charge in [-0.3, -0.25) is 0 Å². The topological polar surface area (TPSA) is 3.24 Å². The summed E-state index contributed by atoms with van der Waals surface area (Å²) in [5, 5.41) is 0. The Morgan fingerprint density at radius 3 is 1.24 bits per heavy atom. The summed E-state index contributed by atoms with van der Waals surface area (Å²) in [4.78, 5) is 2.45. The summed E-state index contributed by atoms with van der Waals surface area (Å²) in [6.45, 7) is 10.4. The van der Waals surface area contributed by atoms with Crippen molar-refractivity contribution in [3.05, 3.63) is 30.3 Å². The Morgan fingerprint density at radius 1 is 0.600 bits per heavy atom. The first-order chi connectivity index (χ1) is 7.97. The lowest BCUT2D eigenvalue weighted by atomic mass is 10.3. The van der Waals surface area contributed by atoms with E-state index in [9.17, 15) is 0 Å². The van der Waals surface area contributed by atoms with Gasteiger partial charge in [0.05, 0.1) is 0 Å². The predicted octanol–water partition coefficient (Wildman–Crippen LogP) is 10.0. The van der Waals surface area contributed by atoms with Gasteiger partial charge in [0.1, 0.15) is 0 Å². The molecule has 0 bridgehead atoms. The number of anilines is 1. The zero-order valence-corrected chi connectivity index (χ0v) is 11.9. The van der Waals surface area contributed by atoms with Gasteiger partial charge in [-0.05, 0) is 12.1 Å². The minimum absolute atomic E-state index is 0. The van der Waals surface area contributed by atoms with Crippen LogP contribution in [0, 0.1) is 0 Å². The predicted molar refractivity (Wildman–Crippen MR) is 139 cm³/mol. The molecule has 1 aromatic rings. The second kappa shape index (κ2) is 49.5.